The second-order valence-electron chi connectivity index (χ2n) is 4.89. The molecule has 0 saturated heterocycles. The van der Waals surface area contributed by atoms with Crippen molar-refractivity contribution < 1.29 is 13.9 Å². The molecule has 0 amide bonds. The minimum absolute atomic E-state index is 0.101. The van der Waals surface area contributed by atoms with E-state index in [9.17, 15) is 9.59 Å². The van der Waals surface area contributed by atoms with Gasteiger partial charge in [0.1, 0.15) is 17.1 Å². The van der Waals surface area contributed by atoms with Crippen LogP contribution in [0, 0.1) is 0 Å². The molecular weight excluding hydrogens is 268 g/mol. The third kappa shape index (κ3) is 2.79. The van der Waals surface area contributed by atoms with Gasteiger partial charge in [-0.25, -0.2) is 0 Å². The summed E-state index contributed by atoms with van der Waals surface area (Å²) < 4.78 is 10.8. The Bertz CT molecular complexity index is 824. The van der Waals surface area contributed by atoms with E-state index in [1.54, 1.807) is 18.2 Å². The second-order valence-corrected chi connectivity index (χ2v) is 4.89. The van der Waals surface area contributed by atoms with Crippen molar-refractivity contribution in [1.29, 1.82) is 0 Å². The Hall–Kier alpha value is -2.62. The Labute approximate surface area is 121 Å². The Morgan fingerprint density at radius 1 is 1.29 bits per heavy atom. The van der Waals surface area contributed by atoms with Gasteiger partial charge in [-0.2, -0.15) is 0 Å². The summed E-state index contributed by atoms with van der Waals surface area (Å²) in [5.74, 6) is 0.526. The summed E-state index contributed by atoms with van der Waals surface area (Å²) >= 11 is 0. The SMILES string of the molecule is CC(=O)Oc1ccc2c(=O)cc(C3=CC=CCC3)oc2c1. The van der Waals surface area contributed by atoms with Gasteiger partial charge in [-0.3, -0.25) is 9.59 Å². The molecule has 0 bridgehead atoms. The minimum atomic E-state index is -0.409. The van der Waals surface area contributed by atoms with Crippen LogP contribution in [0.2, 0.25) is 0 Å². The van der Waals surface area contributed by atoms with E-state index in [1.807, 2.05) is 12.2 Å². The van der Waals surface area contributed by atoms with Crippen molar-refractivity contribution in [2.24, 2.45) is 0 Å². The Morgan fingerprint density at radius 3 is 2.86 bits per heavy atom. The monoisotopic (exact) mass is 282 g/mol. The first-order chi connectivity index (χ1) is 10.1. The smallest absolute Gasteiger partial charge is 0.308 e. The fourth-order valence-corrected chi connectivity index (χ4v) is 2.33. The molecule has 0 unspecified atom stereocenters. The first kappa shape index (κ1) is 13.4. The molecule has 2 aromatic rings. The maximum Gasteiger partial charge on any atom is 0.308 e. The Kier molecular flexibility index (Phi) is 3.44. The van der Waals surface area contributed by atoms with Crippen molar-refractivity contribution in [2.45, 2.75) is 19.8 Å². The number of allylic oxidation sites excluding steroid dienone is 4. The number of carbonyl (C=O) groups is 1. The number of hydrogen-bond acceptors (Lipinski definition) is 4. The molecule has 3 rings (SSSR count). The van der Waals surface area contributed by atoms with E-state index in [4.69, 9.17) is 9.15 Å². The number of carbonyl (C=O) groups excluding carboxylic acids is 1. The largest absolute Gasteiger partial charge is 0.456 e. The average molecular weight is 282 g/mol. The highest BCUT2D eigenvalue weighted by atomic mass is 16.5. The van der Waals surface area contributed by atoms with Gasteiger partial charge in [-0.15, -0.1) is 0 Å². The summed E-state index contributed by atoms with van der Waals surface area (Å²) in [6, 6.07) is 6.28. The highest BCUT2D eigenvalue weighted by molar-refractivity contribution is 5.81. The predicted octanol–water partition coefficient (Wildman–Crippen LogP) is 3.45. The molecule has 0 radical (unpaired) electrons. The van der Waals surface area contributed by atoms with Crippen molar-refractivity contribution in [3.05, 3.63) is 58.5 Å². The van der Waals surface area contributed by atoms with Gasteiger partial charge in [-0.05, 0) is 30.5 Å². The standard InChI is InChI=1S/C17H14O4/c1-11(18)20-13-7-8-14-15(19)10-16(21-17(14)9-13)12-5-3-2-4-6-12/h2-3,5,7-10H,4,6H2,1H3. The van der Waals surface area contributed by atoms with Crippen LogP contribution < -0.4 is 10.2 Å². The van der Waals surface area contributed by atoms with Crippen molar-refractivity contribution in [3.63, 3.8) is 0 Å². The molecule has 1 aliphatic carbocycles. The summed E-state index contributed by atoms with van der Waals surface area (Å²) in [5.41, 5.74) is 1.32. The lowest BCUT2D eigenvalue weighted by molar-refractivity contribution is -0.131. The molecule has 1 aliphatic rings. The number of fused-ring (bicyclic) bond motifs is 1. The number of rotatable bonds is 2. The van der Waals surface area contributed by atoms with Crippen LogP contribution in [-0.2, 0) is 4.79 Å². The fourth-order valence-electron chi connectivity index (χ4n) is 2.33. The summed E-state index contributed by atoms with van der Waals surface area (Å²) in [5, 5.41) is 0.474. The lowest BCUT2D eigenvalue weighted by atomic mass is 10.0. The van der Waals surface area contributed by atoms with Gasteiger partial charge in [-0.1, -0.05) is 18.2 Å². The molecule has 21 heavy (non-hydrogen) atoms. The van der Waals surface area contributed by atoms with E-state index in [1.165, 1.54) is 13.0 Å². The maximum absolute atomic E-state index is 12.2. The Balaban J connectivity index is 2.12. The fraction of sp³-hybridized carbons (Fsp3) is 0.176. The van der Waals surface area contributed by atoms with Crippen LogP contribution in [0.25, 0.3) is 16.5 Å². The zero-order valence-corrected chi connectivity index (χ0v) is 11.6. The summed E-state index contributed by atoms with van der Waals surface area (Å²) in [6.45, 7) is 1.33. The number of esters is 1. The third-order valence-electron chi connectivity index (χ3n) is 3.29. The van der Waals surface area contributed by atoms with Gasteiger partial charge in [0.05, 0.1) is 5.39 Å². The molecule has 1 heterocycles. The molecule has 4 nitrogen and oxygen atoms in total. The van der Waals surface area contributed by atoms with Crippen LogP contribution in [0.4, 0.5) is 0 Å². The molecule has 0 spiro atoms. The van der Waals surface area contributed by atoms with Gasteiger partial charge in [0.2, 0.25) is 0 Å². The van der Waals surface area contributed by atoms with Gasteiger partial charge in [0.25, 0.3) is 0 Å². The predicted molar refractivity (Wildman–Crippen MR) is 80.1 cm³/mol. The quantitative estimate of drug-likeness (QED) is 0.625. The lowest BCUT2D eigenvalue weighted by Gasteiger charge is -2.09. The van der Waals surface area contributed by atoms with Crippen LogP contribution in [0.1, 0.15) is 25.5 Å². The molecule has 1 aromatic heterocycles. The van der Waals surface area contributed by atoms with E-state index in [0.717, 1.165) is 18.4 Å². The van der Waals surface area contributed by atoms with E-state index in [-0.39, 0.29) is 5.43 Å². The number of hydrogen-bond donors (Lipinski definition) is 0. The zero-order valence-electron chi connectivity index (χ0n) is 11.6. The first-order valence-electron chi connectivity index (χ1n) is 6.76. The molecule has 0 N–H and O–H groups in total. The average Bonchev–Trinajstić information content (AvgIpc) is 2.47. The Morgan fingerprint density at radius 2 is 2.14 bits per heavy atom. The van der Waals surface area contributed by atoms with Gasteiger partial charge in [0, 0.05) is 19.1 Å². The topological polar surface area (TPSA) is 56.5 Å². The van der Waals surface area contributed by atoms with Gasteiger partial charge < -0.3 is 9.15 Å². The minimum Gasteiger partial charge on any atom is -0.456 e. The van der Waals surface area contributed by atoms with Crippen molar-refractivity contribution in [2.75, 3.05) is 0 Å². The van der Waals surface area contributed by atoms with Crippen molar-refractivity contribution >= 4 is 22.5 Å². The van der Waals surface area contributed by atoms with Crippen molar-refractivity contribution in [3.8, 4) is 5.75 Å². The zero-order chi connectivity index (χ0) is 14.8. The lowest BCUT2D eigenvalue weighted by Crippen LogP contribution is -2.04. The van der Waals surface area contributed by atoms with E-state index < -0.39 is 5.97 Å². The van der Waals surface area contributed by atoms with Crippen molar-refractivity contribution in [1.82, 2.24) is 0 Å². The molecular formula is C17H14O4. The van der Waals surface area contributed by atoms with E-state index >= 15 is 0 Å². The molecule has 106 valence electrons. The van der Waals surface area contributed by atoms with Crippen LogP contribution in [0.5, 0.6) is 5.75 Å². The normalized spacial score (nSPS) is 14.0. The third-order valence-corrected chi connectivity index (χ3v) is 3.29. The molecule has 0 aliphatic heterocycles. The van der Waals surface area contributed by atoms with Gasteiger partial charge in [0.15, 0.2) is 5.43 Å². The van der Waals surface area contributed by atoms with Crippen LogP contribution in [0.3, 0.4) is 0 Å². The summed E-state index contributed by atoms with van der Waals surface area (Å²) in [6.07, 6.45) is 7.75. The number of ether oxygens (including phenoxy) is 1. The highest BCUT2D eigenvalue weighted by Gasteiger charge is 2.11. The molecule has 1 aromatic carbocycles. The molecule has 4 heteroatoms. The van der Waals surface area contributed by atoms with E-state index in [2.05, 4.69) is 6.08 Å². The maximum atomic E-state index is 12.2. The van der Waals surface area contributed by atoms with Crippen LogP contribution in [-0.4, -0.2) is 5.97 Å². The highest BCUT2D eigenvalue weighted by Crippen LogP contribution is 2.26. The number of benzene rings is 1. The van der Waals surface area contributed by atoms with Crippen LogP contribution >= 0.6 is 0 Å². The van der Waals surface area contributed by atoms with E-state index in [0.29, 0.717) is 22.5 Å². The molecule has 0 atom stereocenters. The molecule has 0 saturated carbocycles. The molecule has 0 fully saturated rings. The first-order valence-corrected chi connectivity index (χ1v) is 6.76. The summed E-state index contributed by atoms with van der Waals surface area (Å²) in [4.78, 5) is 23.2. The van der Waals surface area contributed by atoms with Crippen LogP contribution in [0.15, 0.2) is 51.7 Å². The van der Waals surface area contributed by atoms with Gasteiger partial charge >= 0.3 is 5.97 Å². The second kappa shape index (κ2) is 5.40. The summed E-state index contributed by atoms with van der Waals surface area (Å²) in [7, 11) is 0.